The Hall–Kier alpha value is -1.69. The molecule has 0 spiro atoms. The van der Waals surface area contributed by atoms with Crippen LogP contribution >= 0.6 is 15.9 Å². The van der Waals surface area contributed by atoms with Crippen LogP contribution in [0.15, 0.2) is 33.4 Å². The highest BCUT2D eigenvalue weighted by Crippen LogP contribution is 2.21. The van der Waals surface area contributed by atoms with E-state index in [-0.39, 0.29) is 11.0 Å². The molecule has 0 unspecified atom stereocenters. The van der Waals surface area contributed by atoms with Crippen LogP contribution in [0.2, 0.25) is 0 Å². The van der Waals surface area contributed by atoms with Gasteiger partial charge in [0.1, 0.15) is 23.0 Å². The normalized spacial score (nSPS) is 10.7. The maximum absolute atomic E-state index is 13.7. The Balaban J connectivity index is 2.25. The average Bonchev–Trinajstić information content (AvgIpc) is 2.73. The summed E-state index contributed by atoms with van der Waals surface area (Å²) in [7, 11) is 1.48. The Morgan fingerprint density at radius 1 is 1.35 bits per heavy atom. The van der Waals surface area contributed by atoms with Crippen LogP contribution in [0.1, 0.15) is 21.7 Å². The lowest BCUT2D eigenvalue weighted by Gasteiger charge is -2.17. The van der Waals surface area contributed by atoms with E-state index in [1.807, 2.05) is 0 Å². The summed E-state index contributed by atoms with van der Waals surface area (Å²) in [5.74, 6) is -1.83. The number of furan rings is 1. The fourth-order valence-corrected chi connectivity index (χ4v) is 2.24. The zero-order valence-electron chi connectivity index (χ0n) is 10.9. The molecule has 0 saturated carbocycles. The minimum atomic E-state index is -0.891. The first-order valence-electron chi connectivity index (χ1n) is 5.83. The first-order chi connectivity index (χ1) is 9.40. The molecule has 0 aliphatic rings. The molecule has 0 atom stereocenters. The zero-order chi connectivity index (χ0) is 14.9. The van der Waals surface area contributed by atoms with Gasteiger partial charge in [0.2, 0.25) is 0 Å². The van der Waals surface area contributed by atoms with Crippen LogP contribution in [0.4, 0.5) is 8.78 Å². The molecule has 0 aliphatic carbocycles. The smallest absolute Gasteiger partial charge is 0.259 e. The molecule has 0 fully saturated rings. The van der Waals surface area contributed by atoms with Gasteiger partial charge in [-0.25, -0.2) is 8.78 Å². The summed E-state index contributed by atoms with van der Waals surface area (Å²) in [6.45, 7) is 1.98. The van der Waals surface area contributed by atoms with Gasteiger partial charge in [0.25, 0.3) is 5.91 Å². The SMILES string of the molecule is Cc1occc1CN(C)C(=O)c1c(F)cc(Br)cc1F. The van der Waals surface area contributed by atoms with Gasteiger partial charge in [-0.3, -0.25) is 4.79 Å². The topological polar surface area (TPSA) is 33.5 Å². The molecule has 0 bridgehead atoms. The molecule has 0 N–H and O–H groups in total. The van der Waals surface area contributed by atoms with Crippen molar-refractivity contribution in [3.63, 3.8) is 0 Å². The van der Waals surface area contributed by atoms with Gasteiger partial charge in [0.05, 0.1) is 6.26 Å². The summed E-state index contributed by atoms with van der Waals surface area (Å²) in [4.78, 5) is 13.4. The summed E-state index contributed by atoms with van der Waals surface area (Å²) in [5.41, 5.74) is 0.232. The highest BCUT2D eigenvalue weighted by Gasteiger charge is 2.22. The first-order valence-corrected chi connectivity index (χ1v) is 6.62. The molecule has 1 heterocycles. The Bertz CT molecular complexity index is 631. The minimum Gasteiger partial charge on any atom is -0.469 e. The van der Waals surface area contributed by atoms with Gasteiger partial charge in [-0.1, -0.05) is 15.9 Å². The van der Waals surface area contributed by atoms with Crippen molar-refractivity contribution in [3.05, 3.63) is 57.5 Å². The van der Waals surface area contributed by atoms with Crippen molar-refractivity contribution in [2.24, 2.45) is 0 Å². The Morgan fingerprint density at radius 2 is 1.95 bits per heavy atom. The number of carbonyl (C=O) groups is 1. The van der Waals surface area contributed by atoms with E-state index in [0.29, 0.717) is 5.76 Å². The van der Waals surface area contributed by atoms with Gasteiger partial charge < -0.3 is 9.32 Å². The van der Waals surface area contributed by atoms with E-state index in [9.17, 15) is 13.6 Å². The molecule has 106 valence electrons. The van der Waals surface area contributed by atoms with Crippen molar-refractivity contribution in [1.82, 2.24) is 4.90 Å². The maximum atomic E-state index is 13.7. The minimum absolute atomic E-state index is 0.218. The fraction of sp³-hybridized carbons (Fsp3) is 0.214. The highest BCUT2D eigenvalue weighted by molar-refractivity contribution is 9.10. The molecule has 1 amide bonds. The van der Waals surface area contributed by atoms with Crippen LogP contribution in [0.25, 0.3) is 0 Å². The van der Waals surface area contributed by atoms with Crippen molar-refractivity contribution in [2.75, 3.05) is 7.05 Å². The average molecular weight is 344 g/mol. The summed E-state index contributed by atoms with van der Waals surface area (Å²) < 4.78 is 32.9. The molecular formula is C14H12BrF2NO2. The molecule has 2 rings (SSSR count). The molecule has 0 aliphatic heterocycles. The number of nitrogens with zero attached hydrogens (tertiary/aromatic N) is 1. The molecule has 1 aromatic heterocycles. The van der Waals surface area contributed by atoms with Crippen LogP contribution in [0, 0.1) is 18.6 Å². The monoisotopic (exact) mass is 343 g/mol. The van der Waals surface area contributed by atoms with Crippen LogP contribution in [-0.4, -0.2) is 17.9 Å². The Kier molecular flexibility index (Phi) is 4.23. The lowest BCUT2D eigenvalue weighted by atomic mass is 10.1. The molecule has 0 radical (unpaired) electrons. The van der Waals surface area contributed by atoms with Crippen LogP contribution in [0.3, 0.4) is 0 Å². The molecule has 0 saturated heterocycles. The lowest BCUT2D eigenvalue weighted by molar-refractivity contribution is 0.0775. The second-order valence-corrected chi connectivity index (χ2v) is 5.32. The lowest BCUT2D eigenvalue weighted by Crippen LogP contribution is -2.28. The molecule has 2 aromatic rings. The third-order valence-corrected chi connectivity index (χ3v) is 3.40. The third-order valence-electron chi connectivity index (χ3n) is 2.94. The molecular weight excluding hydrogens is 332 g/mol. The van der Waals surface area contributed by atoms with Crippen molar-refractivity contribution >= 4 is 21.8 Å². The van der Waals surface area contributed by atoms with Gasteiger partial charge in [-0.2, -0.15) is 0 Å². The second kappa shape index (κ2) is 5.75. The van der Waals surface area contributed by atoms with E-state index in [1.165, 1.54) is 18.2 Å². The predicted molar refractivity (Wildman–Crippen MR) is 73.3 cm³/mol. The quantitative estimate of drug-likeness (QED) is 0.846. The number of rotatable bonds is 3. The predicted octanol–water partition coefficient (Wildman–Crippen LogP) is 3.90. The van der Waals surface area contributed by atoms with Crippen molar-refractivity contribution < 1.29 is 18.0 Å². The summed E-state index contributed by atoms with van der Waals surface area (Å²) in [6.07, 6.45) is 1.50. The number of amides is 1. The van der Waals surface area contributed by atoms with Crippen molar-refractivity contribution in [3.8, 4) is 0 Å². The molecule has 6 heteroatoms. The number of hydrogen-bond acceptors (Lipinski definition) is 2. The Labute approximate surface area is 123 Å². The standard InChI is InChI=1S/C14H12BrF2NO2/c1-8-9(3-4-20-8)7-18(2)14(19)13-11(16)5-10(15)6-12(13)17/h3-6H,7H2,1-2H3. The summed E-state index contributed by atoms with van der Waals surface area (Å²) in [5, 5.41) is 0. The van der Waals surface area contributed by atoms with Gasteiger partial charge in [0.15, 0.2) is 0 Å². The van der Waals surface area contributed by atoms with Gasteiger partial charge in [-0.15, -0.1) is 0 Å². The fourth-order valence-electron chi connectivity index (χ4n) is 1.84. The summed E-state index contributed by atoms with van der Waals surface area (Å²) in [6, 6.07) is 3.84. The number of hydrogen-bond donors (Lipinski definition) is 0. The van der Waals surface area contributed by atoms with E-state index in [2.05, 4.69) is 15.9 Å². The van der Waals surface area contributed by atoms with Crippen LogP contribution in [-0.2, 0) is 6.54 Å². The third kappa shape index (κ3) is 2.90. The first kappa shape index (κ1) is 14.7. The van der Waals surface area contributed by atoms with E-state index in [4.69, 9.17) is 4.42 Å². The second-order valence-electron chi connectivity index (χ2n) is 4.41. The highest BCUT2D eigenvalue weighted by atomic mass is 79.9. The molecule has 1 aromatic carbocycles. The van der Waals surface area contributed by atoms with Gasteiger partial charge in [-0.05, 0) is 25.1 Å². The zero-order valence-corrected chi connectivity index (χ0v) is 12.5. The Morgan fingerprint density at radius 3 is 2.45 bits per heavy atom. The number of carbonyl (C=O) groups excluding carboxylic acids is 1. The largest absolute Gasteiger partial charge is 0.469 e. The number of halogens is 3. The maximum Gasteiger partial charge on any atom is 0.259 e. The van der Waals surface area contributed by atoms with Gasteiger partial charge in [0, 0.05) is 23.6 Å². The van der Waals surface area contributed by atoms with Crippen LogP contribution in [0.5, 0.6) is 0 Å². The molecule has 20 heavy (non-hydrogen) atoms. The van der Waals surface area contributed by atoms with E-state index in [1.54, 1.807) is 13.0 Å². The molecule has 3 nitrogen and oxygen atoms in total. The summed E-state index contributed by atoms with van der Waals surface area (Å²) >= 11 is 2.97. The van der Waals surface area contributed by atoms with Crippen molar-refractivity contribution in [1.29, 1.82) is 0 Å². The van der Waals surface area contributed by atoms with Crippen molar-refractivity contribution in [2.45, 2.75) is 13.5 Å². The van der Waals surface area contributed by atoms with E-state index >= 15 is 0 Å². The number of benzene rings is 1. The van der Waals surface area contributed by atoms with Gasteiger partial charge >= 0.3 is 0 Å². The number of aryl methyl sites for hydroxylation is 1. The van der Waals surface area contributed by atoms with E-state index < -0.39 is 23.1 Å². The van der Waals surface area contributed by atoms with Crippen LogP contribution < -0.4 is 0 Å². The van der Waals surface area contributed by atoms with E-state index in [0.717, 1.165) is 17.7 Å².